The van der Waals surface area contributed by atoms with Gasteiger partial charge in [0, 0.05) is 0 Å². The Labute approximate surface area is 124 Å². The van der Waals surface area contributed by atoms with Gasteiger partial charge in [-0.3, -0.25) is 4.79 Å². The van der Waals surface area contributed by atoms with Gasteiger partial charge in [-0.15, -0.1) is 0 Å². The largest absolute Gasteiger partial charge is 0.496 e. The maximum atomic E-state index is 13.3. The molecular formula is C15H13FO6. The molecule has 1 heterocycles. The Morgan fingerprint density at radius 3 is 2.55 bits per heavy atom. The smallest absolute Gasteiger partial charge is 0.371 e. The molecule has 0 saturated carbocycles. The fourth-order valence-corrected chi connectivity index (χ4v) is 2.09. The van der Waals surface area contributed by atoms with E-state index in [1.807, 2.05) is 0 Å². The maximum Gasteiger partial charge on any atom is 0.371 e. The maximum absolute atomic E-state index is 13.3. The monoisotopic (exact) mass is 308 g/mol. The molecule has 0 saturated heterocycles. The summed E-state index contributed by atoms with van der Waals surface area (Å²) < 4.78 is 23.4. The number of rotatable bonds is 6. The quantitative estimate of drug-likeness (QED) is 0.851. The van der Waals surface area contributed by atoms with Crippen molar-refractivity contribution in [3.05, 3.63) is 53.2 Å². The Balaban J connectivity index is 2.35. The number of halogens is 1. The van der Waals surface area contributed by atoms with Gasteiger partial charge in [0.15, 0.2) is 0 Å². The van der Waals surface area contributed by atoms with Crippen molar-refractivity contribution < 1.29 is 33.3 Å². The van der Waals surface area contributed by atoms with Crippen LogP contribution in [0.2, 0.25) is 0 Å². The van der Waals surface area contributed by atoms with Crippen LogP contribution in [0.15, 0.2) is 34.7 Å². The van der Waals surface area contributed by atoms with Crippen LogP contribution in [0.3, 0.4) is 0 Å². The number of benzene rings is 1. The topological polar surface area (TPSA) is 97.0 Å². The first-order valence-corrected chi connectivity index (χ1v) is 6.30. The number of hydrogen-bond acceptors (Lipinski definition) is 4. The Kier molecular flexibility index (Phi) is 4.45. The van der Waals surface area contributed by atoms with E-state index in [0.29, 0.717) is 11.3 Å². The first-order valence-electron chi connectivity index (χ1n) is 6.30. The summed E-state index contributed by atoms with van der Waals surface area (Å²) in [5, 5.41) is 18.1. The van der Waals surface area contributed by atoms with Crippen LogP contribution in [-0.2, 0) is 11.2 Å². The molecule has 0 aliphatic carbocycles. The minimum Gasteiger partial charge on any atom is -0.496 e. The molecule has 1 atom stereocenters. The molecule has 2 N–H and O–H groups in total. The SMILES string of the molecule is COc1ccc(F)cc1CC(C(=O)O)c1ccc(C(=O)O)o1. The Morgan fingerprint density at radius 2 is 2.00 bits per heavy atom. The van der Waals surface area contributed by atoms with Crippen LogP contribution >= 0.6 is 0 Å². The molecule has 0 bridgehead atoms. The number of aromatic carboxylic acids is 1. The number of methoxy groups -OCH3 is 1. The van der Waals surface area contributed by atoms with Gasteiger partial charge in [-0.2, -0.15) is 0 Å². The standard InChI is InChI=1S/C15H13FO6/c1-21-11-3-2-9(16)6-8(11)7-10(14(17)18)12-4-5-13(22-12)15(19)20/h2-6,10H,7H2,1H3,(H,17,18)(H,19,20). The van der Waals surface area contributed by atoms with Crippen LogP contribution in [0, 0.1) is 5.82 Å². The summed E-state index contributed by atoms with van der Waals surface area (Å²) in [6.07, 6.45) is -0.0944. The predicted octanol–water partition coefficient (Wildman–Crippen LogP) is 2.54. The second-order valence-electron chi connectivity index (χ2n) is 4.56. The van der Waals surface area contributed by atoms with E-state index in [2.05, 4.69) is 0 Å². The number of hydrogen-bond donors (Lipinski definition) is 2. The summed E-state index contributed by atoms with van der Waals surface area (Å²) in [5.74, 6) is -4.20. The molecule has 2 aromatic rings. The third-order valence-corrected chi connectivity index (χ3v) is 3.15. The molecule has 22 heavy (non-hydrogen) atoms. The number of carboxylic acid groups (broad SMARTS) is 2. The lowest BCUT2D eigenvalue weighted by Gasteiger charge is -2.13. The molecule has 6 nitrogen and oxygen atoms in total. The van der Waals surface area contributed by atoms with E-state index in [-0.39, 0.29) is 17.9 Å². The van der Waals surface area contributed by atoms with Crippen LogP contribution in [0.1, 0.15) is 27.8 Å². The summed E-state index contributed by atoms with van der Waals surface area (Å²) in [7, 11) is 1.39. The lowest BCUT2D eigenvalue weighted by atomic mass is 9.96. The van der Waals surface area contributed by atoms with Crippen molar-refractivity contribution in [1.82, 2.24) is 0 Å². The predicted molar refractivity (Wildman–Crippen MR) is 72.7 cm³/mol. The summed E-state index contributed by atoms with van der Waals surface area (Å²) in [4.78, 5) is 22.2. The van der Waals surface area contributed by atoms with E-state index in [4.69, 9.17) is 14.3 Å². The highest BCUT2D eigenvalue weighted by molar-refractivity contribution is 5.84. The molecule has 1 unspecified atom stereocenters. The van der Waals surface area contributed by atoms with E-state index < -0.39 is 23.7 Å². The summed E-state index contributed by atoms with van der Waals surface area (Å²) in [5.41, 5.74) is 0.350. The number of ether oxygens (including phenoxy) is 1. The van der Waals surface area contributed by atoms with Crippen LogP contribution in [0.25, 0.3) is 0 Å². The molecule has 0 spiro atoms. The minimum absolute atomic E-state index is 0.0174. The van der Waals surface area contributed by atoms with Crippen molar-refractivity contribution >= 4 is 11.9 Å². The number of carbonyl (C=O) groups is 2. The molecule has 2 rings (SSSR count). The summed E-state index contributed by atoms with van der Waals surface area (Å²) in [6, 6.07) is 6.24. The second-order valence-corrected chi connectivity index (χ2v) is 4.56. The Bertz CT molecular complexity index is 706. The minimum atomic E-state index is -1.29. The summed E-state index contributed by atoms with van der Waals surface area (Å²) in [6.45, 7) is 0. The van der Waals surface area contributed by atoms with Gasteiger partial charge in [0.05, 0.1) is 7.11 Å². The fraction of sp³-hybridized carbons (Fsp3) is 0.200. The van der Waals surface area contributed by atoms with Crippen molar-refractivity contribution in [3.8, 4) is 5.75 Å². The van der Waals surface area contributed by atoms with Gasteiger partial charge < -0.3 is 19.4 Å². The van der Waals surface area contributed by atoms with E-state index in [1.54, 1.807) is 0 Å². The zero-order valence-corrected chi connectivity index (χ0v) is 11.6. The molecule has 1 aromatic heterocycles. The third-order valence-electron chi connectivity index (χ3n) is 3.15. The van der Waals surface area contributed by atoms with Gasteiger partial charge >= 0.3 is 11.9 Å². The van der Waals surface area contributed by atoms with Crippen molar-refractivity contribution in [2.24, 2.45) is 0 Å². The number of aliphatic carboxylic acids is 1. The van der Waals surface area contributed by atoms with Crippen LogP contribution in [-0.4, -0.2) is 29.3 Å². The van der Waals surface area contributed by atoms with Crippen LogP contribution in [0.5, 0.6) is 5.75 Å². The molecule has 0 aliphatic heterocycles. The molecule has 0 fully saturated rings. The van der Waals surface area contributed by atoms with Crippen molar-refractivity contribution in [3.63, 3.8) is 0 Å². The Morgan fingerprint density at radius 1 is 1.27 bits per heavy atom. The van der Waals surface area contributed by atoms with Gasteiger partial charge in [0.2, 0.25) is 5.76 Å². The highest BCUT2D eigenvalue weighted by Gasteiger charge is 2.26. The van der Waals surface area contributed by atoms with Crippen LogP contribution < -0.4 is 4.74 Å². The molecule has 0 amide bonds. The molecular weight excluding hydrogens is 295 g/mol. The molecule has 7 heteroatoms. The van der Waals surface area contributed by atoms with E-state index in [0.717, 1.165) is 0 Å². The second kappa shape index (κ2) is 6.30. The first-order chi connectivity index (χ1) is 10.4. The van der Waals surface area contributed by atoms with Crippen LogP contribution in [0.4, 0.5) is 4.39 Å². The molecule has 1 aromatic carbocycles. The zero-order valence-electron chi connectivity index (χ0n) is 11.6. The van der Waals surface area contributed by atoms with Gasteiger partial charge in [0.1, 0.15) is 23.2 Å². The lowest BCUT2D eigenvalue weighted by Crippen LogP contribution is -2.14. The first kappa shape index (κ1) is 15.6. The average Bonchev–Trinajstić information content (AvgIpc) is 2.94. The van der Waals surface area contributed by atoms with E-state index >= 15 is 0 Å². The van der Waals surface area contributed by atoms with Crippen molar-refractivity contribution in [2.75, 3.05) is 7.11 Å². The van der Waals surface area contributed by atoms with Crippen molar-refractivity contribution in [1.29, 1.82) is 0 Å². The highest BCUT2D eigenvalue weighted by atomic mass is 19.1. The van der Waals surface area contributed by atoms with Gasteiger partial charge in [-0.25, -0.2) is 9.18 Å². The zero-order chi connectivity index (χ0) is 16.3. The third kappa shape index (κ3) is 3.25. The van der Waals surface area contributed by atoms with Gasteiger partial charge in [-0.05, 0) is 42.3 Å². The lowest BCUT2D eigenvalue weighted by molar-refractivity contribution is -0.139. The Hall–Kier alpha value is -2.83. The van der Waals surface area contributed by atoms with E-state index in [1.165, 1.54) is 37.4 Å². The molecule has 0 aliphatic rings. The van der Waals surface area contributed by atoms with E-state index in [9.17, 15) is 19.1 Å². The normalized spacial score (nSPS) is 11.9. The molecule has 0 radical (unpaired) electrons. The van der Waals surface area contributed by atoms with Gasteiger partial charge in [-0.1, -0.05) is 0 Å². The number of furan rings is 1. The van der Waals surface area contributed by atoms with Crippen molar-refractivity contribution in [2.45, 2.75) is 12.3 Å². The fourth-order valence-electron chi connectivity index (χ4n) is 2.09. The summed E-state index contributed by atoms with van der Waals surface area (Å²) >= 11 is 0. The average molecular weight is 308 g/mol. The van der Waals surface area contributed by atoms with Gasteiger partial charge in [0.25, 0.3) is 0 Å². The highest BCUT2D eigenvalue weighted by Crippen LogP contribution is 2.28. The molecule has 116 valence electrons. The number of carboxylic acids is 2.